The van der Waals surface area contributed by atoms with Crippen molar-refractivity contribution in [2.45, 2.75) is 19.4 Å². The number of amides is 1. The lowest BCUT2D eigenvalue weighted by Crippen LogP contribution is -2.25. The molecule has 0 fully saturated rings. The highest BCUT2D eigenvalue weighted by atomic mass is 16.1. The average Bonchev–Trinajstić information content (AvgIpc) is 3.17. The van der Waals surface area contributed by atoms with Crippen molar-refractivity contribution >= 4 is 22.7 Å². The summed E-state index contributed by atoms with van der Waals surface area (Å²) in [7, 11) is 0. The van der Waals surface area contributed by atoms with E-state index in [1.165, 1.54) is 0 Å². The molecule has 3 heterocycles. The Morgan fingerprint density at radius 3 is 2.63 bits per heavy atom. The van der Waals surface area contributed by atoms with Crippen molar-refractivity contribution in [2.75, 3.05) is 6.54 Å². The van der Waals surface area contributed by atoms with Gasteiger partial charge in [-0.1, -0.05) is 18.2 Å². The number of carbonyl (C=O) groups excluding carboxylic acids is 2. The van der Waals surface area contributed by atoms with E-state index in [0.29, 0.717) is 25.1 Å². The van der Waals surface area contributed by atoms with Crippen LogP contribution in [0.3, 0.4) is 0 Å². The Bertz CT molecular complexity index is 1240. The van der Waals surface area contributed by atoms with Gasteiger partial charge in [0.2, 0.25) is 0 Å². The maximum Gasteiger partial charge on any atom is 0.251 e. The minimum absolute atomic E-state index is 0.0990. The number of ketones is 1. The van der Waals surface area contributed by atoms with Gasteiger partial charge < -0.3 is 9.88 Å². The van der Waals surface area contributed by atoms with Crippen molar-refractivity contribution in [1.29, 1.82) is 0 Å². The van der Waals surface area contributed by atoms with E-state index in [-0.39, 0.29) is 11.7 Å². The van der Waals surface area contributed by atoms with Crippen LogP contribution in [0.15, 0.2) is 67.0 Å². The van der Waals surface area contributed by atoms with Gasteiger partial charge in [-0.05, 0) is 48.4 Å². The predicted octanol–water partition coefficient (Wildman–Crippen LogP) is 3.66. The van der Waals surface area contributed by atoms with Crippen molar-refractivity contribution in [3.05, 3.63) is 83.7 Å². The quantitative estimate of drug-likeness (QED) is 0.559. The van der Waals surface area contributed by atoms with Crippen LogP contribution in [0.1, 0.15) is 32.7 Å². The summed E-state index contributed by atoms with van der Waals surface area (Å²) in [6, 6.07) is 17.0. The van der Waals surface area contributed by atoms with Crippen molar-refractivity contribution in [1.82, 2.24) is 19.9 Å². The molecule has 0 unspecified atom stereocenters. The number of benzene rings is 2. The van der Waals surface area contributed by atoms with Crippen LogP contribution in [0.25, 0.3) is 22.4 Å². The Morgan fingerprint density at radius 1 is 1.03 bits per heavy atom. The molecule has 1 aliphatic rings. The number of Topliss-reactive ketones (excluding diaryl/α,β-unsaturated/α-hetero) is 1. The molecule has 1 aliphatic heterocycles. The average molecular weight is 396 g/mol. The monoisotopic (exact) mass is 396 g/mol. The molecule has 4 aromatic rings. The molecule has 148 valence electrons. The van der Waals surface area contributed by atoms with Crippen LogP contribution in [0.4, 0.5) is 0 Å². The third kappa shape index (κ3) is 3.26. The molecule has 0 aliphatic carbocycles. The van der Waals surface area contributed by atoms with Gasteiger partial charge in [0, 0.05) is 48.6 Å². The first-order chi connectivity index (χ1) is 14.7. The molecule has 6 nitrogen and oxygen atoms in total. The van der Waals surface area contributed by atoms with Gasteiger partial charge in [-0.15, -0.1) is 0 Å². The van der Waals surface area contributed by atoms with Gasteiger partial charge in [-0.25, -0.2) is 4.98 Å². The van der Waals surface area contributed by atoms with Crippen LogP contribution in [-0.4, -0.2) is 32.8 Å². The van der Waals surface area contributed by atoms with Crippen molar-refractivity contribution in [2.24, 2.45) is 0 Å². The number of pyridine rings is 1. The molecule has 0 saturated heterocycles. The second-order valence-electron chi connectivity index (χ2n) is 7.37. The number of aryl methyl sites for hydroxylation is 1. The Morgan fingerprint density at radius 2 is 1.83 bits per heavy atom. The zero-order valence-electron chi connectivity index (χ0n) is 16.3. The molecule has 0 bridgehead atoms. The third-order valence-corrected chi connectivity index (χ3v) is 5.48. The maximum absolute atomic E-state index is 12.5. The maximum atomic E-state index is 12.5. The SMILES string of the molecule is O=C(NCCc1ccncc1)c1ccc(-c2nc3cccc4c3n2CCC4=O)cc1. The lowest BCUT2D eigenvalue weighted by Gasteiger charge is -2.15. The van der Waals surface area contributed by atoms with Crippen molar-refractivity contribution in [3.8, 4) is 11.4 Å². The van der Waals surface area contributed by atoms with Gasteiger partial charge >= 0.3 is 0 Å². The second-order valence-corrected chi connectivity index (χ2v) is 7.37. The molecular weight excluding hydrogens is 376 g/mol. The van der Waals surface area contributed by atoms with Crippen LogP contribution in [-0.2, 0) is 13.0 Å². The summed E-state index contributed by atoms with van der Waals surface area (Å²) >= 11 is 0. The Balaban J connectivity index is 1.34. The zero-order chi connectivity index (χ0) is 20.5. The number of nitrogens with one attached hydrogen (secondary N) is 1. The number of imidazole rings is 1. The largest absolute Gasteiger partial charge is 0.352 e. The molecule has 6 heteroatoms. The van der Waals surface area contributed by atoms with Crippen molar-refractivity contribution < 1.29 is 9.59 Å². The minimum Gasteiger partial charge on any atom is -0.352 e. The van der Waals surface area contributed by atoms with Crippen LogP contribution in [0.5, 0.6) is 0 Å². The fraction of sp³-hybridized carbons (Fsp3) is 0.167. The summed E-state index contributed by atoms with van der Waals surface area (Å²) in [6.45, 7) is 1.19. The first kappa shape index (κ1) is 18.2. The predicted molar refractivity (Wildman–Crippen MR) is 114 cm³/mol. The molecule has 2 aromatic carbocycles. The third-order valence-electron chi connectivity index (χ3n) is 5.48. The number of carbonyl (C=O) groups is 2. The van der Waals surface area contributed by atoms with Gasteiger partial charge in [0.1, 0.15) is 5.82 Å². The van der Waals surface area contributed by atoms with Crippen molar-refractivity contribution in [3.63, 3.8) is 0 Å². The van der Waals surface area contributed by atoms with Gasteiger partial charge in [-0.3, -0.25) is 14.6 Å². The smallest absolute Gasteiger partial charge is 0.251 e. The Labute approximate surface area is 173 Å². The fourth-order valence-electron chi connectivity index (χ4n) is 3.94. The normalized spacial score (nSPS) is 12.9. The molecular formula is C24H20N4O2. The van der Waals surface area contributed by atoms with E-state index in [9.17, 15) is 9.59 Å². The summed E-state index contributed by atoms with van der Waals surface area (Å²) in [6.07, 6.45) is 4.74. The van der Waals surface area contributed by atoms with E-state index in [1.54, 1.807) is 12.4 Å². The highest BCUT2D eigenvalue weighted by Crippen LogP contribution is 2.31. The molecule has 0 atom stereocenters. The molecule has 5 rings (SSSR count). The highest BCUT2D eigenvalue weighted by molar-refractivity contribution is 6.08. The van der Waals surface area contributed by atoms with Crippen LogP contribution < -0.4 is 5.32 Å². The number of aromatic nitrogens is 3. The zero-order valence-corrected chi connectivity index (χ0v) is 16.3. The number of para-hydroxylation sites is 1. The highest BCUT2D eigenvalue weighted by Gasteiger charge is 2.23. The first-order valence-corrected chi connectivity index (χ1v) is 10.0. The molecule has 1 amide bonds. The molecule has 0 radical (unpaired) electrons. The number of nitrogens with zero attached hydrogens (tertiary/aromatic N) is 3. The number of rotatable bonds is 5. The van der Waals surface area contributed by atoms with Gasteiger partial charge in [-0.2, -0.15) is 0 Å². The van der Waals surface area contributed by atoms with E-state index in [1.807, 2.05) is 54.6 Å². The number of hydrogen-bond acceptors (Lipinski definition) is 4. The van der Waals surface area contributed by atoms with E-state index in [0.717, 1.165) is 40.0 Å². The molecule has 0 spiro atoms. The summed E-state index contributed by atoms with van der Waals surface area (Å²) in [5.74, 6) is 0.894. The molecule has 0 saturated carbocycles. The number of hydrogen-bond donors (Lipinski definition) is 1. The summed E-state index contributed by atoms with van der Waals surface area (Å²) in [5, 5.41) is 2.95. The summed E-state index contributed by atoms with van der Waals surface area (Å²) in [4.78, 5) is 33.4. The van der Waals surface area contributed by atoms with E-state index < -0.39 is 0 Å². The molecule has 1 N–H and O–H groups in total. The summed E-state index contributed by atoms with van der Waals surface area (Å²) in [5.41, 5.74) is 5.15. The Kier molecular flexibility index (Phi) is 4.59. The molecule has 2 aromatic heterocycles. The van der Waals surface area contributed by atoms with Crippen LogP contribution in [0, 0.1) is 0 Å². The van der Waals surface area contributed by atoms with Gasteiger partial charge in [0.05, 0.1) is 11.0 Å². The second kappa shape index (κ2) is 7.55. The lowest BCUT2D eigenvalue weighted by atomic mass is 10.0. The standard InChI is InChI=1S/C24H20N4O2/c29-21-11-15-28-22-19(21)2-1-3-20(22)27-23(28)17-4-6-18(7-5-17)24(30)26-14-10-16-8-12-25-13-9-16/h1-9,12-13H,10-11,14-15H2,(H,26,30). The fourth-order valence-corrected chi connectivity index (χ4v) is 3.94. The Hall–Kier alpha value is -3.80. The van der Waals surface area contributed by atoms with E-state index in [4.69, 9.17) is 4.98 Å². The van der Waals surface area contributed by atoms with Gasteiger partial charge in [0.15, 0.2) is 5.78 Å². The topological polar surface area (TPSA) is 76.9 Å². The summed E-state index contributed by atoms with van der Waals surface area (Å²) < 4.78 is 2.11. The van der Waals surface area contributed by atoms with Gasteiger partial charge in [0.25, 0.3) is 5.91 Å². The first-order valence-electron chi connectivity index (χ1n) is 10.0. The minimum atomic E-state index is -0.0990. The van der Waals surface area contributed by atoms with E-state index in [2.05, 4.69) is 14.9 Å². The molecule has 30 heavy (non-hydrogen) atoms. The van der Waals surface area contributed by atoms with Crippen LogP contribution >= 0.6 is 0 Å². The lowest BCUT2D eigenvalue weighted by molar-refractivity contribution is 0.0951. The van der Waals surface area contributed by atoms with Crippen LogP contribution in [0.2, 0.25) is 0 Å². The van der Waals surface area contributed by atoms with E-state index >= 15 is 0 Å².